The van der Waals surface area contributed by atoms with Gasteiger partial charge in [-0.05, 0) is 6.92 Å². The zero-order valence-electron chi connectivity index (χ0n) is 8.62. The van der Waals surface area contributed by atoms with Crippen LogP contribution in [0.2, 0.25) is 0 Å². The predicted octanol–water partition coefficient (Wildman–Crippen LogP) is 1.67. The minimum Gasteiger partial charge on any atom is -0.460 e. The van der Waals surface area contributed by atoms with Crippen molar-refractivity contribution in [1.29, 1.82) is 0 Å². The normalized spacial score (nSPS) is 11.9. The van der Waals surface area contributed by atoms with Gasteiger partial charge in [0.05, 0.1) is 6.61 Å². The Morgan fingerprint density at radius 1 is 1.57 bits per heavy atom. The Balaban J connectivity index is 3.86. The van der Waals surface area contributed by atoms with E-state index in [1.165, 1.54) is 0 Å². The van der Waals surface area contributed by atoms with Crippen molar-refractivity contribution in [2.75, 3.05) is 18.1 Å². The van der Waals surface area contributed by atoms with Gasteiger partial charge in [-0.1, -0.05) is 13.0 Å². The molecule has 0 rings (SSSR count). The molecule has 4 heteroatoms. The molecule has 0 aliphatic carbocycles. The lowest BCUT2D eigenvalue weighted by molar-refractivity contribution is -0.154. The van der Waals surface area contributed by atoms with E-state index in [0.29, 0.717) is 5.75 Å². The van der Waals surface area contributed by atoms with Gasteiger partial charge in [0.1, 0.15) is 0 Å². The van der Waals surface area contributed by atoms with Gasteiger partial charge in [0.25, 0.3) is 0 Å². The lowest BCUT2D eigenvalue weighted by Crippen LogP contribution is -2.25. The van der Waals surface area contributed by atoms with E-state index in [1.54, 1.807) is 31.7 Å². The lowest BCUT2D eigenvalue weighted by Gasteiger charge is -2.07. The molecule has 14 heavy (non-hydrogen) atoms. The number of carbonyl (C=O) groups excluding carboxylic acids is 2. The Hall–Kier alpha value is -0.770. The van der Waals surface area contributed by atoms with Crippen molar-refractivity contribution < 1.29 is 14.3 Å². The summed E-state index contributed by atoms with van der Waals surface area (Å²) in [6.45, 7) is 7.23. The van der Waals surface area contributed by atoms with Gasteiger partial charge < -0.3 is 4.74 Å². The van der Waals surface area contributed by atoms with Gasteiger partial charge in [0, 0.05) is 17.4 Å². The summed E-state index contributed by atoms with van der Waals surface area (Å²) in [5.74, 6) is -0.0222. The number of ketones is 1. The fourth-order valence-electron chi connectivity index (χ4n) is 0.807. The average Bonchev–Trinajstić information content (AvgIpc) is 2.17. The second-order valence-corrected chi connectivity index (χ2v) is 3.89. The molecule has 0 radical (unpaired) electrons. The summed E-state index contributed by atoms with van der Waals surface area (Å²) in [6.07, 6.45) is 1.77. The first-order valence-corrected chi connectivity index (χ1v) is 5.68. The molecule has 1 unspecified atom stereocenters. The van der Waals surface area contributed by atoms with E-state index in [4.69, 9.17) is 0 Å². The molecule has 0 aromatic heterocycles. The van der Waals surface area contributed by atoms with Crippen LogP contribution in [-0.4, -0.2) is 29.9 Å². The molecular formula is C10H16O3S. The maximum Gasteiger partial charge on any atom is 0.374 e. The predicted molar refractivity (Wildman–Crippen MR) is 58.3 cm³/mol. The van der Waals surface area contributed by atoms with Gasteiger partial charge in [0.2, 0.25) is 5.78 Å². The van der Waals surface area contributed by atoms with E-state index in [9.17, 15) is 9.59 Å². The summed E-state index contributed by atoms with van der Waals surface area (Å²) >= 11 is 1.58. The highest BCUT2D eigenvalue weighted by Gasteiger charge is 2.21. The van der Waals surface area contributed by atoms with Crippen molar-refractivity contribution in [3.63, 3.8) is 0 Å². The molecule has 0 aromatic rings. The van der Waals surface area contributed by atoms with Crippen LogP contribution in [0.25, 0.3) is 0 Å². The topological polar surface area (TPSA) is 43.4 Å². The molecule has 0 N–H and O–H groups in total. The molecule has 0 spiro atoms. The second-order valence-electron chi connectivity index (χ2n) is 2.81. The van der Waals surface area contributed by atoms with Crippen LogP contribution in [0.5, 0.6) is 0 Å². The van der Waals surface area contributed by atoms with Crippen molar-refractivity contribution in [2.24, 2.45) is 5.92 Å². The van der Waals surface area contributed by atoms with Crippen LogP contribution >= 0.6 is 11.8 Å². The molecule has 0 aromatic carbocycles. The van der Waals surface area contributed by atoms with Gasteiger partial charge in [-0.3, -0.25) is 4.79 Å². The zero-order chi connectivity index (χ0) is 11.0. The van der Waals surface area contributed by atoms with E-state index >= 15 is 0 Å². The zero-order valence-corrected chi connectivity index (χ0v) is 9.43. The highest BCUT2D eigenvalue weighted by Crippen LogP contribution is 2.09. The number of hydrogen-bond donors (Lipinski definition) is 0. The Kier molecular flexibility index (Phi) is 7.20. The van der Waals surface area contributed by atoms with E-state index < -0.39 is 11.8 Å². The van der Waals surface area contributed by atoms with Crippen LogP contribution in [-0.2, 0) is 14.3 Å². The maximum atomic E-state index is 11.3. The Labute approximate surface area is 88.9 Å². The van der Waals surface area contributed by atoms with Gasteiger partial charge in [-0.2, -0.15) is 11.8 Å². The number of rotatable bonds is 7. The molecule has 80 valence electrons. The summed E-state index contributed by atoms with van der Waals surface area (Å²) in [4.78, 5) is 22.3. The minimum absolute atomic E-state index is 0.247. The standard InChI is InChI=1S/C10H16O3S/c1-4-6-14-7-8(3)9(11)10(12)13-5-2/h4,8H,1,5-7H2,2-3H3. The van der Waals surface area contributed by atoms with Gasteiger partial charge >= 0.3 is 5.97 Å². The Morgan fingerprint density at radius 2 is 2.21 bits per heavy atom. The van der Waals surface area contributed by atoms with Crippen molar-refractivity contribution >= 4 is 23.5 Å². The summed E-state index contributed by atoms with van der Waals surface area (Å²) in [7, 11) is 0. The fraction of sp³-hybridized carbons (Fsp3) is 0.600. The van der Waals surface area contributed by atoms with Crippen LogP contribution in [0.3, 0.4) is 0 Å². The van der Waals surface area contributed by atoms with Crippen LogP contribution in [0, 0.1) is 5.92 Å². The van der Waals surface area contributed by atoms with Gasteiger partial charge in [-0.15, -0.1) is 6.58 Å². The number of hydrogen-bond acceptors (Lipinski definition) is 4. The Morgan fingerprint density at radius 3 is 2.71 bits per heavy atom. The highest BCUT2D eigenvalue weighted by atomic mass is 32.2. The van der Waals surface area contributed by atoms with Crippen LogP contribution in [0.15, 0.2) is 12.7 Å². The van der Waals surface area contributed by atoms with Crippen molar-refractivity contribution in [3.05, 3.63) is 12.7 Å². The van der Waals surface area contributed by atoms with E-state index in [-0.39, 0.29) is 12.5 Å². The van der Waals surface area contributed by atoms with E-state index in [1.807, 2.05) is 0 Å². The average molecular weight is 216 g/mol. The van der Waals surface area contributed by atoms with Crippen LogP contribution in [0.1, 0.15) is 13.8 Å². The van der Waals surface area contributed by atoms with Crippen molar-refractivity contribution in [2.45, 2.75) is 13.8 Å². The summed E-state index contributed by atoms with van der Waals surface area (Å²) < 4.78 is 4.61. The third-order valence-electron chi connectivity index (χ3n) is 1.53. The first kappa shape index (κ1) is 13.2. The second kappa shape index (κ2) is 7.62. The molecule has 0 saturated heterocycles. The highest BCUT2D eigenvalue weighted by molar-refractivity contribution is 7.99. The maximum absolute atomic E-state index is 11.3. The molecule has 3 nitrogen and oxygen atoms in total. The molecule has 0 saturated carbocycles. The summed E-state index contributed by atoms with van der Waals surface area (Å²) in [6, 6.07) is 0. The van der Waals surface area contributed by atoms with Gasteiger partial charge in [0.15, 0.2) is 0 Å². The molecular weight excluding hydrogens is 200 g/mol. The number of ether oxygens (including phenoxy) is 1. The fourth-order valence-corrected chi connectivity index (χ4v) is 1.61. The van der Waals surface area contributed by atoms with E-state index in [0.717, 1.165) is 5.75 Å². The molecule has 0 amide bonds. The molecule has 1 atom stereocenters. The lowest BCUT2D eigenvalue weighted by atomic mass is 10.1. The Bertz CT molecular complexity index is 213. The number of Topliss-reactive ketones (excluding diaryl/α,β-unsaturated/α-hetero) is 1. The van der Waals surface area contributed by atoms with Crippen molar-refractivity contribution in [3.8, 4) is 0 Å². The number of esters is 1. The first-order valence-electron chi connectivity index (χ1n) is 4.53. The number of thioether (sulfide) groups is 1. The third kappa shape index (κ3) is 5.07. The van der Waals surface area contributed by atoms with Crippen molar-refractivity contribution in [1.82, 2.24) is 0 Å². The molecule has 0 heterocycles. The molecule has 0 bridgehead atoms. The molecule has 0 fully saturated rings. The smallest absolute Gasteiger partial charge is 0.374 e. The largest absolute Gasteiger partial charge is 0.460 e. The first-order chi connectivity index (χ1) is 6.63. The summed E-state index contributed by atoms with van der Waals surface area (Å²) in [5, 5.41) is 0. The third-order valence-corrected chi connectivity index (χ3v) is 2.73. The van der Waals surface area contributed by atoms with E-state index in [2.05, 4.69) is 11.3 Å². The number of carbonyl (C=O) groups is 2. The monoisotopic (exact) mass is 216 g/mol. The van der Waals surface area contributed by atoms with Crippen LogP contribution in [0.4, 0.5) is 0 Å². The van der Waals surface area contributed by atoms with Crippen LogP contribution < -0.4 is 0 Å². The van der Waals surface area contributed by atoms with Gasteiger partial charge in [-0.25, -0.2) is 4.79 Å². The molecule has 0 aliphatic heterocycles. The summed E-state index contributed by atoms with van der Waals surface area (Å²) in [5.41, 5.74) is 0. The molecule has 0 aliphatic rings. The minimum atomic E-state index is -0.723. The quantitative estimate of drug-likeness (QED) is 0.281. The SMILES string of the molecule is C=CCSCC(C)C(=O)C(=O)OCC.